The van der Waals surface area contributed by atoms with Crippen molar-refractivity contribution in [3.8, 4) is 11.8 Å². The second-order valence-electron chi connectivity index (χ2n) is 7.35. The fourth-order valence-corrected chi connectivity index (χ4v) is 4.20. The van der Waals surface area contributed by atoms with Crippen LogP contribution in [0.4, 0.5) is 0 Å². The fraction of sp³-hybridized carbons (Fsp3) is 0.364. The molecule has 0 aromatic heterocycles. The fourth-order valence-electron chi connectivity index (χ4n) is 2.84. The third-order valence-corrected chi connectivity index (χ3v) is 6.08. The first-order valence-electron chi connectivity index (χ1n) is 9.66. The minimum Gasteiger partial charge on any atom is -0.479 e. The first-order chi connectivity index (χ1) is 14.2. The maximum atomic E-state index is 12.6. The number of nitriles is 1. The van der Waals surface area contributed by atoms with Crippen molar-refractivity contribution >= 4 is 15.9 Å². The van der Waals surface area contributed by atoms with Crippen LogP contribution >= 0.6 is 0 Å². The molecule has 0 radical (unpaired) electrons. The number of hydrogen-bond donors (Lipinski definition) is 2. The van der Waals surface area contributed by atoms with Crippen LogP contribution in [0.5, 0.6) is 5.75 Å². The Kier molecular flexibility index (Phi) is 7.98. The van der Waals surface area contributed by atoms with Crippen LogP contribution in [0.1, 0.15) is 30.5 Å². The molecule has 0 aliphatic rings. The quantitative estimate of drug-likeness (QED) is 0.596. The Labute approximate surface area is 178 Å². The minimum atomic E-state index is -3.67. The number of benzene rings is 2. The molecule has 0 heterocycles. The summed E-state index contributed by atoms with van der Waals surface area (Å²) in [6, 6.07) is 14.0. The molecule has 0 aliphatic carbocycles. The van der Waals surface area contributed by atoms with Gasteiger partial charge in [0.1, 0.15) is 11.8 Å². The third kappa shape index (κ3) is 6.05. The summed E-state index contributed by atoms with van der Waals surface area (Å²) in [5, 5.41) is 11.9. The monoisotopic (exact) mass is 429 g/mol. The molecule has 7 nitrogen and oxygen atoms in total. The van der Waals surface area contributed by atoms with Gasteiger partial charge in [-0.3, -0.25) is 4.79 Å². The zero-order chi connectivity index (χ0) is 22.3. The normalized spacial score (nSPS) is 12.3. The van der Waals surface area contributed by atoms with E-state index in [1.807, 2.05) is 32.9 Å². The second kappa shape index (κ2) is 10.2. The van der Waals surface area contributed by atoms with Crippen molar-refractivity contribution in [3.63, 3.8) is 0 Å². The molecular weight excluding hydrogens is 402 g/mol. The summed E-state index contributed by atoms with van der Waals surface area (Å²) in [5.41, 5.74) is 1.85. The number of ether oxygens (including phenoxy) is 1. The van der Waals surface area contributed by atoms with Gasteiger partial charge in [0.15, 0.2) is 6.10 Å². The third-order valence-electron chi connectivity index (χ3n) is 4.47. The summed E-state index contributed by atoms with van der Waals surface area (Å²) >= 11 is 0. The van der Waals surface area contributed by atoms with Crippen LogP contribution in [-0.2, 0) is 14.8 Å². The van der Waals surface area contributed by atoms with Crippen molar-refractivity contribution < 1.29 is 17.9 Å². The van der Waals surface area contributed by atoms with Crippen molar-refractivity contribution in [1.29, 1.82) is 5.26 Å². The lowest BCUT2D eigenvalue weighted by molar-refractivity contribution is -0.129. The van der Waals surface area contributed by atoms with Crippen molar-refractivity contribution in [1.82, 2.24) is 10.0 Å². The number of amides is 1. The zero-order valence-electron chi connectivity index (χ0n) is 17.6. The van der Waals surface area contributed by atoms with Crippen molar-refractivity contribution in [3.05, 3.63) is 59.2 Å². The summed E-state index contributed by atoms with van der Waals surface area (Å²) in [4.78, 5) is 12.8. The maximum absolute atomic E-state index is 12.6. The molecule has 2 aromatic rings. The minimum absolute atomic E-state index is 0.0427. The lowest BCUT2D eigenvalue weighted by Crippen LogP contribution is -2.44. The lowest BCUT2D eigenvalue weighted by atomic mass is 10.1. The molecule has 0 saturated carbocycles. The SMILES string of the molecule is Cc1ccc(C)c(S(=O)(=O)NCCNC(=O)C(Oc2ccccc2C#N)C(C)C)c1. The second-order valence-corrected chi connectivity index (χ2v) is 9.08. The smallest absolute Gasteiger partial charge is 0.261 e. The Hall–Kier alpha value is -2.89. The maximum Gasteiger partial charge on any atom is 0.261 e. The highest BCUT2D eigenvalue weighted by atomic mass is 32.2. The van der Waals surface area contributed by atoms with Gasteiger partial charge in [0.25, 0.3) is 5.91 Å². The number of para-hydroxylation sites is 1. The number of hydrogen-bond acceptors (Lipinski definition) is 5. The predicted molar refractivity (Wildman–Crippen MR) is 115 cm³/mol. The molecule has 0 aliphatic heterocycles. The highest BCUT2D eigenvalue weighted by Crippen LogP contribution is 2.21. The molecule has 2 rings (SSSR count). The van der Waals surface area contributed by atoms with Gasteiger partial charge in [-0.1, -0.05) is 38.1 Å². The van der Waals surface area contributed by atoms with E-state index in [4.69, 9.17) is 4.74 Å². The van der Waals surface area contributed by atoms with E-state index in [0.717, 1.165) is 5.56 Å². The molecule has 0 fully saturated rings. The first kappa shape index (κ1) is 23.4. The topological polar surface area (TPSA) is 108 Å². The molecular formula is C22H27N3O4S. The molecule has 2 N–H and O–H groups in total. The van der Waals surface area contributed by atoms with E-state index < -0.39 is 16.1 Å². The zero-order valence-corrected chi connectivity index (χ0v) is 18.4. The van der Waals surface area contributed by atoms with Gasteiger partial charge < -0.3 is 10.1 Å². The molecule has 160 valence electrons. The highest BCUT2D eigenvalue weighted by molar-refractivity contribution is 7.89. The van der Waals surface area contributed by atoms with Gasteiger partial charge in [0, 0.05) is 13.1 Å². The van der Waals surface area contributed by atoms with Crippen LogP contribution in [0.3, 0.4) is 0 Å². The van der Waals surface area contributed by atoms with Crippen LogP contribution < -0.4 is 14.8 Å². The van der Waals surface area contributed by atoms with E-state index >= 15 is 0 Å². The number of nitrogens with zero attached hydrogens (tertiary/aromatic N) is 1. The van der Waals surface area contributed by atoms with Crippen LogP contribution in [-0.4, -0.2) is 33.5 Å². The molecule has 8 heteroatoms. The Morgan fingerprint density at radius 2 is 1.83 bits per heavy atom. The molecule has 1 amide bonds. The summed E-state index contributed by atoms with van der Waals surface area (Å²) in [6.07, 6.45) is -0.810. The van der Waals surface area contributed by atoms with Crippen molar-refractivity contribution in [2.45, 2.75) is 38.7 Å². The van der Waals surface area contributed by atoms with Gasteiger partial charge in [-0.2, -0.15) is 5.26 Å². The number of carbonyl (C=O) groups is 1. The van der Waals surface area contributed by atoms with Gasteiger partial charge in [0.2, 0.25) is 10.0 Å². The molecule has 0 spiro atoms. The summed E-state index contributed by atoms with van der Waals surface area (Å²) < 4.78 is 33.3. The number of sulfonamides is 1. The Morgan fingerprint density at radius 1 is 1.13 bits per heavy atom. The van der Waals surface area contributed by atoms with Gasteiger partial charge in [-0.05, 0) is 49.1 Å². The standard InChI is InChI=1S/C22H27N3O4S/c1-15(2)21(29-19-8-6-5-7-18(19)14-23)22(26)24-11-12-25-30(27,28)20-13-16(3)9-10-17(20)4/h5-10,13,15,21,25H,11-12H2,1-4H3,(H,24,26). The Morgan fingerprint density at radius 3 is 2.50 bits per heavy atom. The Balaban J connectivity index is 1.96. The molecule has 1 atom stereocenters. The van der Waals surface area contributed by atoms with E-state index in [1.54, 1.807) is 43.3 Å². The van der Waals surface area contributed by atoms with Crippen LogP contribution in [0, 0.1) is 31.1 Å². The van der Waals surface area contributed by atoms with E-state index in [1.165, 1.54) is 0 Å². The van der Waals surface area contributed by atoms with Gasteiger partial charge in [0.05, 0.1) is 10.5 Å². The number of aryl methyl sites for hydroxylation is 2. The lowest BCUT2D eigenvalue weighted by Gasteiger charge is -2.22. The number of nitrogens with one attached hydrogen (secondary N) is 2. The van der Waals surface area contributed by atoms with E-state index in [2.05, 4.69) is 10.0 Å². The van der Waals surface area contributed by atoms with Gasteiger partial charge in [-0.25, -0.2) is 13.1 Å². The van der Waals surface area contributed by atoms with Crippen LogP contribution in [0.15, 0.2) is 47.4 Å². The van der Waals surface area contributed by atoms with Crippen LogP contribution in [0.25, 0.3) is 0 Å². The average molecular weight is 430 g/mol. The molecule has 2 aromatic carbocycles. The molecule has 1 unspecified atom stereocenters. The summed E-state index contributed by atoms with van der Waals surface area (Å²) in [7, 11) is -3.67. The van der Waals surface area contributed by atoms with Crippen molar-refractivity contribution in [2.75, 3.05) is 13.1 Å². The van der Waals surface area contributed by atoms with E-state index in [0.29, 0.717) is 16.9 Å². The van der Waals surface area contributed by atoms with Gasteiger partial charge >= 0.3 is 0 Å². The summed E-state index contributed by atoms with van der Waals surface area (Å²) in [6.45, 7) is 7.38. The molecule has 0 saturated heterocycles. The Bertz CT molecular complexity index is 1040. The number of carbonyl (C=O) groups excluding carboxylic acids is 1. The first-order valence-corrected chi connectivity index (χ1v) is 11.1. The van der Waals surface area contributed by atoms with E-state index in [-0.39, 0.29) is 29.8 Å². The average Bonchev–Trinajstić information content (AvgIpc) is 2.71. The summed E-state index contributed by atoms with van der Waals surface area (Å²) in [5.74, 6) is -0.184. The molecule has 0 bridgehead atoms. The molecule has 30 heavy (non-hydrogen) atoms. The highest BCUT2D eigenvalue weighted by Gasteiger charge is 2.25. The largest absolute Gasteiger partial charge is 0.479 e. The van der Waals surface area contributed by atoms with E-state index in [9.17, 15) is 18.5 Å². The van der Waals surface area contributed by atoms with Gasteiger partial charge in [-0.15, -0.1) is 0 Å². The number of rotatable bonds is 9. The van der Waals surface area contributed by atoms with Crippen LogP contribution in [0.2, 0.25) is 0 Å². The predicted octanol–water partition coefficient (Wildman–Crippen LogP) is 2.67. The van der Waals surface area contributed by atoms with Crippen molar-refractivity contribution in [2.24, 2.45) is 5.92 Å².